The van der Waals surface area contributed by atoms with Crippen molar-refractivity contribution in [3.8, 4) is 0 Å². The number of hydrogen-bond donors (Lipinski definition) is 1. The fourth-order valence-corrected chi connectivity index (χ4v) is 3.70. The summed E-state index contributed by atoms with van der Waals surface area (Å²) in [6.07, 6.45) is -1.76. The third kappa shape index (κ3) is 4.76. The van der Waals surface area contributed by atoms with Crippen molar-refractivity contribution >= 4 is 5.91 Å². The quantitative estimate of drug-likeness (QED) is 0.795. The van der Waals surface area contributed by atoms with Crippen LogP contribution in [-0.2, 0) is 15.7 Å². The Morgan fingerprint density at radius 1 is 1.38 bits per heavy atom. The van der Waals surface area contributed by atoms with E-state index in [-0.39, 0.29) is 17.7 Å². The highest BCUT2D eigenvalue weighted by Gasteiger charge is 2.37. The number of ether oxygens (including phenoxy) is 1. The van der Waals surface area contributed by atoms with Crippen LogP contribution in [0.25, 0.3) is 0 Å². The Morgan fingerprint density at radius 2 is 2.12 bits per heavy atom. The van der Waals surface area contributed by atoms with Crippen molar-refractivity contribution in [1.82, 2.24) is 4.90 Å². The maximum Gasteiger partial charge on any atom is 0.416 e. The van der Waals surface area contributed by atoms with E-state index in [1.165, 1.54) is 13.2 Å². The van der Waals surface area contributed by atoms with Crippen LogP contribution in [-0.4, -0.2) is 37.6 Å². The van der Waals surface area contributed by atoms with Crippen LogP contribution in [0.3, 0.4) is 0 Å². The van der Waals surface area contributed by atoms with Crippen molar-refractivity contribution in [2.24, 2.45) is 17.6 Å². The summed E-state index contributed by atoms with van der Waals surface area (Å²) in [6.45, 7) is 2.87. The highest BCUT2D eigenvalue weighted by Crippen LogP contribution is 2.36. The van der Waals surface area contributed by atoms with E-state index >= 15 is 0 Å². The molecule has 146 valence electrons. The summed E-state index contributed by atoms with van der Waals surface area (Å²) in [6, 6.07) is 4.69. The Balaban J connectivity index is 2.26. The van der Waals surface area contributed by atoms with Crippen molar-refractivity contribution in [3.05, 3.63) is 35.4 Å². The van der Waals surface area contributed by atoms with Crippen LogP contribution in [0, 0.1) is 11.8 Å². The molecule has 1 aliphatic rings. The molecule has 7 heteroatoms. The summed E-state index contributed by atoms with van der Waals surface area (Å²) in [4.78, 5) is 14.7. The first-order chi connectivity index (χ1) is 12.3. The lowest BCUT2D eigenvalue weighted by molar-refractivity contribution is -0.139. The maximum atomic E-state index is 13.1. The van der Waals surface area contributed by atoms with Gasteiger partial charge in [-0.2, -0.15) is 13.2 Å². The molecule has 1 unspecified atom stereocenters. The summed E-state index contributed by atoms with van der Waals surface area (Å²) < 4.78 is 44.2. The van der Waals surface area contributed by atoms with Crippen molar-refractivity contribution in [2.75, 3.05) is 26.8 Å². The van der Waals surface area contributed by atoms with Crippen LogP contribution in [0.4, 0.5) is 13.2 Å². The van der Waals surface area contributed by atoms with Crippen LogP contribution in [0.5, 0.6) is 0 Å². The fraction of sp³-hybridized carbons (Fsp3) is 0.632. The van der Waals surface area contributed by atoms with Gasteiger partial charge in [0.2, 0.25) is 5.91 Å². The van der Waals surface area contributed by atoms with Crippen LogP contribution >= 0.6 is 0 Å². The third-order valence-corrected chi connectivity index (χ3v) is 5.26. The second-order valence-corrected chi connectivity index (χ2v) is 6.86. The first-order valence-electron chi connectivity index (χ1n) is 8.96. The van der Waals surface area contributed by atoms with E-state index in [0.717, 1.165) is 31.4 Å². The zero-order valence-electron chi connectivity index (χ0n) is 15.3. The van der Waals surface area contributed by atoms with Gasteiger partial charge < -0.3 is 15.4 Å². The minimum Gasteiger partial charge on any atom is -0.383 e. The molecule has 0 aliphatic heterocycles. The first-order valence-corrected chi connectivity index (χ1v) is 8.96. The largest absolute Gasteiger partial charge is 0.416 e. The van der Waals surface area contributed by atoms with Gasteiger partial charge in [-0.25, -0.2) is 0 Å². The van der Waals surface area contributed by atoms with Crippen molar-refractivity contribution in [1.29, 1.82) is 0 Å². The average Bonchev–Trinajstić information content (AvgIpc) is 3.09. The topological polar surface area (TPSA) is 55.6 Å². The number of rotatable bonds is 7. The van der Waals surface area contributed by atoms with Gasteiger partial charge in [0.1, 0.15) is 0 Å². The molecule has 0 heterocycles. The smallest absolute Gasteiger partial charge is 0.383 e. The van der Waals surface area contributed by atoms with E-state index in [9.17, 15) is 18.0 Å². The summed E-state index contributed by atoms with van der Waals surface area (Å²) >= 11 is 0. The number of nitrogens with zero attached hydrogens (tertiary/aromatic N) is 1. The number of alkyl halides is 3. The molecule has 0 bridgehead atoms. The molecule has 4 nitrogen and oxygen atoms in total. The number of methoxy groups -OCH3 is 1. The van der Waals surface area contributed by atoms with Crippen LogP contribution in [0.1, 0.15) is 43.4 Å². The van der Waals surface area contributed by atoms with E-state index < -0.39 is 17.8 Å². The van der Waals surface area contributed by atoms with Gasteiger partial charge in [-0.05, 0) is 49.9 Å². The average molecular weight is 372 g/mol. The summed E-state index contributed by atoms with van der Waals surface area (Å²) in [5.41, 5.74) is 5.55. The number of carbonyl (C=O) groups excluding carboxylic acids is 1. The molecule has 0 radical (unpaired) electrons. The Kier molecular flexibility index (Phi) is 7.06. The molecule has 1 aromatic carbocycles. The highest BCUT2D eigenvalue weighted by molar-refractivity contribution is 5.80. The summed E-state index contributed by atoms with van der Waals surface area (Å²) in [5.74, 6) is -0.0636. The predicted molar refractivity (Wildman–Crippen MR) is 93.3 cm³/mol. The molecule has 0 aromatic heterocycles. The van der Waals surface area contributed by atoms with E-state index in [2.05, 4.69) is 0 Å². The number of carbonyl (C=O) groups is 1. The Bertz CT molecular complexity index is 607. The number of amides is 1. The third-order valence-electron chi connectivity index (χ3n) is 5.26. The van der Waals surface area contributed by atoms with E-state index in [1.54, 1.807) is 17.9 Å². The van der Waals surface area contributed by atoms with E-state index in [4.69, 9.17) is 10.5 Å². The number of nitrogens with two attached hydrogens (primary N) is 1. The molecule has 0 saturated heterocycles. The normalized spacial score (nSPS) is 21.6. The Hall–Kier alpha value is -1.60. The lowest BCUT2D eigenvalue weighted by Crippen LogP contribution is -2.42. The second-order valence-electron chi connectivity index (χ2n) is 6.86. The Morgan fingerprint density at radius 3 is 2.73 bits per heavy atom. The van der Waals surface area contributed by atoms with Gasteiger partial charge in [-0.15, -0.1) is 0 Å². The molecule has 2 rings (SSSR count). The molecule has 26 heavy (non-hydrogen) atoms. The van der Waals surface area contributed by atoms with Crippen LogP contribution < -0.4 is 5.73 Å². The highest BCUT2D eigenvalue weighted by atomic mass is 19.4. The molecule has 1 amide bonds. The van der Waals surface area contributed by atoms with Gasteiger partial charge in [0, 0.05) is 19.6 Å². The lowest BCUT2D eigenvalue weighted by atomic mass is 9.93. The lowest BCUT2D eigenvalue weighted by Gasteiger charge is -2.33. The van der Waals surface area contributed by atoms with Gasteiger partial charge in [-0.1, -0.05) is 18.6 Å². The molecule has 3 atom stereocenters. The summed E-state index contributed by atoms with van der Waals surface area (Å²) in [5, 5.41) is 0. The van der Waals surface area contributed by atoms with Gasteiger partial charge in [0.05, 0.1) is 18.2 Å². The van der Waals surface area contributed by atoms with Crippen LogP contribution in [0.2, 0.25) is 0 Å². The minimum atomic E-state index is -4.41. The van der Waals surface area contributed by atoms with Gasteiger partial charge in [-0.3, -0.25) is 4.79 Å². The molecule has 2 N–H and O–H groups in total. The fourth-order valence-electron chi connectivity index (χ4n) is 3.70. The predicted octanol–water partition coefficient (Wildman–Crippen LogP) is 3.62. The van der Waals surface area contributed by atoms with Gasteiger partial charge in [0.25, 0.3) is 0 Å². The molecule has 1 fully saturated rings. The zero-order valence-corrected chi connectivity index (χ0v) is 15.3. The van der Waals surface area contributed by atoms with Crippen LogP contribution in [0.15, 0.2) is 24.3 Å². The second kappa shape index (κ2) is 8.86. The summed E-state index contributed by atoms with van der Waals surface area (Å²) in [7, 11) is 1.54. The van der Waals surface area contributed by atoms with Gasteiger partial charge >= 0.3 is 6.18 Å². The van der Waals surface area contributed by atoms with E-state index in [1.807, 2.05) is 0 Å². The molecular weight excluding hydrogens is 345 g/mol. The van der Waals surface area contributed by atoms with Crippen molar-refractivity contribution < 1.29 is 22.7 Å². The maximum absolute atomic E-state index is 13.1. The number of hydrogen-bond acceptors (Lipinski definition) is 3. The molecule has 1 aromatic rings. The monoisotopic (exact) mass is 372 g/mol. The first kappa shape index (κ1) is 20.7. The Labute approximate surface area is 152 Å². The number of halogens is 3. The molecule has 0 spiro atoms. The zero-order chi connectivity index (χ0) is 19.3. The SMILES string of the molecule is COCCN(C(=O)[C@@H]1CCC[C@@H]1CN)C(C)c1cccc(C(F)(F)F)c1. The number of benzene rings is 1. The van der Waals surface area contributed by atoms with Gasteiger partial charge in [0.15, 0.2) is 0 Å². The molecular formula is C19H27F3N2O2. The van der Waals surface area contributed by atoms with Crippen molar-refractivity contribution in [3.63, 3.8) is 0 Å². The van der Waals surface area contributed by atoms with E-state index in [0.29, 0.717) is 25.3 Å². The van der Waals surface area contributed by atoms with Crippen molar-refractivity contribution in [2.45, 2.75) is 38.4 Å². The standard InChI is InChI=1S/C19H27F3N2O2/c1-13(14-5-3-7-16(11-14)19(20,21)22)24(9-10-26-2)18(25)17-8-4-6-15(17)12-23/h3,5,7,11,13,15,17H,4,6,8-10,12,23H2,1-2H3/t13?,15-,17-/m1/s1. The molecule has 1 saturated carbocycles. The minimum absolute atomic E-state index is 0.0417. The molecule has 1 aliphatic carbocycles.